The van der Waals surface area contributed by atoms with Gasteiger partial charge in [0.2, 0.25) is 0 Å². The van der Waals surface area contributed by atoms with Crippen molar-refractivity contribution in [2.45, 2.75) is 48.8 Å². The molecule has 8 heteroatoms. The fraction of sp³-hybridized carbons (Fsp3) is 1.00. The topological polar surface area (TPSA) is 57.2 Å². The summed E-state index contributed by atoms with van der Waals surface area (Å²) in [5.74, 6) is 3.42. The van der Waals surface area contributed by atoms with Crippen LogP contribution >= 0.6 is 0 Å². The molecule has 0 unspecified atom stereocenters. The lowest BCUT2D eigenvalue weighted by atomic mass is 9.56. The van der Waals surface area contributed by atoms with Gasteiger partial charge in [0.15, 0.2) is 10.1 Å². The third kappa shape index (κ3) is 3.69. The minimum absolute atomic E-state index is 0.680. The van der Waals surface area contributed by atoms with E-state index in [4.69, 9.17) is 13.0 Å². The van der Waals surface area contributed by atoms with Crippen LogP contribution in [0.1, 0.15) is 38.5 Å². The van der Waals surface area contributed by atoms with Crippen molar-refractivity contribution in [3.63, 3.8) is 0 Å². The van der Waals surface area contributed by atoms with E-state index in [-0.39, 0.29) is 0 Å². The van der Waals surface area contributed by atoms with E-state index >= 15 is 0 Å². The van der Waals surface area contributed by atoms with Gasteiger partial charge >= 0.3 is 5.51 Å². The Labute approximate surface area is 126 Å². The lowest BCUT2D eigenvalue weighted by molar-refractivity contribution is -0.0517. The van der Waals surface area contributed by atoms with Gasteiger partial charge in [-0.2, -0.15) is 13.2 Å². The van der Waals surface area contributed by atoms with E-state index in [2.05, 4.69) is 12.5 Å². The quantitative estimate of drug-likeness (QED) is 0.417. The van der Waals surface area contributed by atoms with Gasteiger partial charge in [0.1, 0.15) is 4.75 Å². The van der Waals surface area contributed by atoms with Crippen molar-refractivity contribution in [2.24, 2.45) is 17.8 Å². The summed E-state index contributed by atoms with van der Waals surface area (Å²) in [5.41, 5.74) is -5.65. The number of alkyl halides is 3. The molecule has 4 fully saturated rings. The maximum absolute atomic E-state index is 10.7. The molecule has 0 aromatic heterocycles. The van der Waals surface area contributed by atoms with Gasteiger partial charge in [-0.1, -0.05) is 0 Å². The molecule has 0 N–H and O–H groups in total. The Kier molecular flexibility index (Phi) is 4.64. The highest BCUT2D eigenvalue weighted by atomic mass is 32.2. The van der Waals surface area contributed by atoms with E-state index < -0.39 is 15.6 Å². The van der Waals surface area contributed by atoms with Crippen LogP contribution in [0.15, 0.2) is 0 Å². The molecule has 0 spiro atoms. The molecule has 0 aliphatic heterocycles. The number of rotatable bonds is 1. The van der Waals surface area contributed by atoms with Gasteiger partial charge in [-0.25, -0.2) is 8.42 Å². The van der Waals surface area contributed by atoms with Crippen LogP contribution in [0.3, 0.4) is 0 Å². The van der Waals surface area contributed by atoms with E-state index in [1.165, 1.54) is 0 Å². The molecule has 4 saturated carbocycles. The summed E-state index contributed by atoms with van der Waals surface area (Å²) in [6.45, 7) is 0. The monoisotopic (exact) mass is 346 g/mol. The molecule has 0 atom stereocenters. The summed E-state index contributed by atoms with van der Waals surface area (Å²) in [5, 5.41) is 0. The smallest absolute Gasteiger partial charge is 0.485 e. The van der Waals surface area contributed by atoms with Crippen LogP contribution in [-0.2, 0) is 21.0 Å². The highest BCUT2D eigenvalue weighted by Gasteiger charge is 2.57. The Balaban J connectivity index is 0.000000177. The standard InChI is InChI=1S/C12H21S.CHF3O3S/c1-13(2)12-6-9-3-10(7-12)5-11(4-9)8-12;2-1(3,4)8(5,6)7/h9-11H,3-8H2,1-2H3;(H,5,6,7)/q+1;/p-1. The second-order valence-electron chi connectivity index (χ2n) is 6.82. The first-order valence-electron chi connectivity index (χ1n) is 7.03. The Morgan fingerprint density at radius 3 is 1.48 bits per heavy atom. The van der Waals surface area contributed by atoms with Crippen LogP contribution in [0.25, 0.3) is 0 Å². The number of hydrogen-bond donors (Lipinski definition) is 0. The summed E-state index contributed by atoms with van der Waals surface area (Å²) in [6, 6.07) is 0. The number of hydrogen-bond acceptors (Lipinski definition) is 3. The lowest BCUT2D eigenvalue weighted by Gasteiger charge is -2.54. The summed E-state index contributed by atoms with van der Waals surface area (Å²) >= 11 is 0. The van der Waals surface area contributed by atoms with Crippen molar-refractivity contribution >= 4 is 21.0 Å². The van der Waals surface area contributed by atoms with E-state index in [0.29, 0.717) is 10.9 Å². The van der Waals surface area contributed by atoms with Crippen molar-refractivity contribution in [2.75, 3.05) is 12.5 Å². The molecule has 0 saturated heterocycles. The van der Waals surface area contributed by atoms with Crippen molar-refractivity contribution in [3.05, 3.63) is 0 Å². The Morgan fingerprint density at radius 1 is 1.00 bits per heavy atom. The van der Waals surface area contributed by atoms with Crippen LogP contribution in [0.2, 0.25) is 0 Å². The van der Waals surface area contributed by atoms with Gasteiger partial charge in [0, 0.05) is 19.3 Å². The van der Waals surface area contributed by atoms with Gasteiger partial charge < -0.3 is 4.55 Å². The van der Waals surface area contributed by atoms with Crippen LogP contribution in [-0.4, -0.2) is 35.7 Å². The van der Waals surface area contributed by atoms with Crippen molar-refractivity contribution in [1.29, 1.82) is 0 Å². The SMILES string of the molecule is C[S+](C)C12CC3CC(CC(C3)C1)C2.O=S(=O)([O-])C(F)(F)F. The number of halogens is 3. The molecular formula is C13H21F3O3S2. The normalized spacial score (nSPS) is 38.3. The van der Waals surface area contributed by atoms with Gasteiger partial charge in [0.05, 0.1) is 12.5 Å². The average Bonchev–Trinajstić information content (AvgIpc) is 2.24. The first-order chi connectivity index (χ1) is 9.43. The predicted molar refractivity (Wildman–Crippen MR) is 75.9 cm³/mol. The second-order valence-corrected chi connectivity index (χ2v) is 10.7. The first-order valence-corrected chi connectivity index (χ1v) is 10.5. The van der Waals surface area contributed by atoms with E-state index in [1.807, 2.05) is 0 Å². The van der Waals surface area contributed by atoms with Gasteiger partial charge in [0.25, 0.3) is 0 Å². The molecular weight excluding hydrogens is 325 g/mol. The maximum Gasteiger partial charge on any atom is 0.485 e. The third-order valence-electron chi connectivity index (χ3n) is 5.13. The molecule has 0 aromatic carbocycles. The fourth-order valence-corrected chi connectivity index (χ4v) is 6.24. The van der Waals surface area contributed by atoms with E-state index in [0.717, 1.165) is 22.5 Å². The minimum atomic E-state index is -6.09. The molecule has 4 bridgehead atoms. The van der Waals surface area contributed by atoms with Gasteiger partial charge in [-0.05, 0) is 47.9 Å². The van der Waals surface area contributed by atoms with Crippen LogP contribution < -0.4 is 0 Å². The molecule has 4 aliphatic rings. The maximum atomic E-state index is 10.7. The van der Waals surface area contributed by atoms with Gasteiger partial charge in [-0.3, -0.25) is 0 Å². The Bertz CT molecular complexity index is 450. The van der Waals surface area contributed by atoms with Crippen molar-refractivity contribution in [3.8, 4) is 0 Å². The molecule has 0 heterocycles. The highest BCUT2D eigenvalue weighted by Crippen LogP contribution is 2.58. The zero-order valence-corrected chi connectivity index (χ0v) is 13.8. The summed E-state index contributed by atoms with van der Waals surface area (Å²) in [4.78, 5) is 0. The lowest BCUT2D eigenvalue weighted by Crippen LogP contribution is -2.54. The summed E-state index contributed by atoms with van der Waals surface area (Å²) in [6.07, 6.45) is 14.5. The molecule has 4 rings (SSSR count). The molecule has 0 amide bonds. The van der Waals surface area contributed by atoms with Gasteiger partial charge in [-0.15, -0.1) is 0 Å². The highest BCUT2D eigenvalue weighted by molar-refractivity contribution is 7.96. The van der Waals surface area contributed by atoms with Crippen molar-refractivity contribution in [1.82, 2.24) is 0 Å². The molecule has 0 aromatic rings. The zero-order valence-electron chi connectivity index (χ0n) is 12.1. The Morgan fingerprint density at radius 2 is 1.29 bits per heavy atom. The van der Waals surface area contributed by atoms with E-state index in [1.54, 1.807) is 38.5 Å². The summed E-state index contributed by atoms with van der Waals surface area (Å²) in [7, 11) is -5.41. The zero-order chi connectivity index (χ0) is 16.1. The average molecular weight is 346 g/mol. The predicted octanol–water partition coefficient (Wildman–Crippen LogP) is 2.88. The Hall–Kier alpha value is 0.0500. The van der Waals surface area contributed by atoms with Crippen LogP contribution in [0.5, 0.6) is 0 Å². The third-order valence-corrected chi connectivity index (χ3v) is 7.93. The largest absolute Gasteiger partial charge is 0.741 e. The second kappa shape index (κ2) is 5.60. The van der Waals surface area contributed by atoms with E-state index in [9.17, 15) is 13.2 Å². The van der Waals surface area contributed by atoms with Crippen LogP contribution in [0.4, 0.5) is 13.2 Å². The molecule has 0 radical (unpaired) electrons. The molecule has 3 nitrogen and oxygen atoms in total. The molecule has 4 aliphatic carbocycles. The van der Waals surface area contributed by atoms with Crippen molar-refractivity contribution < 1.29 is 26.1 Å². The molecule has 124 valence electrons. The van der Waals surface area contributed by atoms with Crippen LogP contribution in [0, 0.1) is 17.8 Å². The minimum Gasteiger partial charge on any atom is -0.741 e. The first kappa shape index (κ1) is 17.4. The molecule has 21 heavy (non-hydrogen) atoms. The summed E-state index contributed by atoms with van der Waals surface area (Å²) < 4.78 is 59.7. The fourth-order valence-electron chi connectivity index (χ4n) is 4.53.